The zero-order valence-electron chi connectivity index (χ0n) is 8.96. The minimum absolute atomic E-state index is 0.284. The maximum Gasteiger partial charge on any atom is 0.0949 e. The van der Waals surface area contributed by atoms with Gasteiger partial charge in [0.25, 0.3) is 0 Å². The van der Waals surface area contributed by atoms with E-state index in [4.69, 9.17) is 15.9 Å². The molecule has 0 aromatic heterocycles. The summed E-state index contributed by atoms with van der Waals surface area (Å²) >= 11 is 0. The Labute approximate surface area is 85.9 Å². The molecule has 14 heavy (non-hydrogen) atoms. The normalized spacial score (nSPS) is 23.6. The number of nitrogens with two attached hydrogens (primary N) is 1. The summed E-state index contributed by atoms with van der Waals surface area (Å²) in [6.07, 6.45) is 3.31. The van der Waals surface area contributed by atoms with Gasteiger partial charge in [0, 0.05) is 32.7 Å². The van der Waals surface area contributed by atoms with Crippen LogP contribution in [0.25, 0.3) is 0 Å². The zero-order valence-corrected chi connectivity index (χ0v) is 8.96. The van der Waals surface area contributed by atoms with Crippen molar-refractivity contribution in [3.8, 4) is 0 Å². The van der Waals surface area contributed by atoms with Crippen molar-refractivity contribution in [3.63, 3.8) is 0 Å². The number of methoxy groups -OCH3 is 1. The van der Waals surface area contributed by atoms with Gasteiger partial charge in [0.1, 0.15) is 0 Å². The second-order valence-corrected chi connectivity index (χ2v) is 3.94. The smallest absolute Gasteiger partial charge is 0.0949 e. The van der Waals surface area contributed by atoms with E-state index >= 15 is 0 Å². The zero-order chi connectivity index (χ0) is 10.4. The third-order valence-electron chi connectivity index (χ3n) is 2.77. The van der Waals surface area contributed by atoms with Crippen LogP contribution < -0.4 is 5.73 Å². The molecule has 0 radical (unpaired) electrons. The Hall–Kier alpha value is -0.610. The van der Waals surface area contributed by atoms with Gasteiger partial charge in [-0.05, 0) is 25.8 Å². The van der Waals surface area contributed by atoms with Gasteiger partial charge in [-0.2, -0.15) is 0 Å². The van der Waals surface area contributed by atoms with Crippen molar-refractivity contribution < 1.29 is 4.74 Å². The van der Waals surface area contributed by atoms with Crippen LogP contribution in [0.15, 0.2) is 0 Å². The van der Waals surface area contributed by atoms with Gasteiger partial charge in [0.15, 0.2) is 0 Å². The monoisotopic (exact) mass is 199 g/mol. The highest BCUT2D eigenvalue weighted by Crippen LogP contribution is 2.15. The Morgan fingerprint density at radius 1 is 1.64 bits per heavy atom. The number of hydrogen-bond acceptors (Lipinski definition) is 3. The van der Waals surface area contributed by atoms with Crippen LogP contribution in [0.3, 0.4) is 0 Å². The lowest BCUT2D eigenvalue weighted by Crippen LogP contribution is -2.41. The molecule has 1 heterocycles. The molecule has 0 amide bonds. The highest BCUT2D eigenvalue weighted by atomic mass is 16.5. The van der Waals surface area contributed by atoms with Crippen LogP contribution in [-0.4, -0.2) is 44.1 Å². The fourth-order valence-electron chi connectivity index (χ4n) is 1.94. The molecule has 1 unspecified atom stereocenters. The van der Waals surface area contributed by atoms with E-state index in [0.717, 1.165) is 45.5 Å². The van der Waals surface area contributed by atoms with Crippen LogP contribution in [0, 0.1) is 11.3 Å². The Balaban J connectivity index is 2.22. The van der Waals surface area contributed by atoms with Crippen molar-refractivity contribution in [1.82, 2.24) is 4.90 Å². The van der Waals surface area contributed by atoms with Crippen molar-refractivity contribution in [1.29, 1.82) is 5.41 Å². The molecule has 4 nitrogen and oxygen atoms in total. The van der Waals surface area contributed by atoms with Gasteiger partial charge < -0.3 is 15.4 Å². The topological polar surface area (TPSA) is 62.3 Å². The van der Waals surface area contributed by atoms with Gasteiger partial charge in [-0.3, -0.25) is 5.41 Å². The molecular weight excluding hydrogens is 178 g/mol. The lowest BCUT2D eigenvalue weighted by Gasteiger charge is -2.31. The maximum absolute atomic E-state index is 7.42. The third-order valence-corrected chi connectivity index (χ3v) is 2.77. The summed E-state index contributed by atoms with van der Waals surface area (Å²) in [5.74, 6) is 0.632. The molecule has 0 aromatic carbocycles. The summed E-state index contributed by atoms with van der Waals surface area (Å²) in [5, 5.41) is 7.42. The number of rotatable bonds is 5. The van der Waals surface area contributed by atoms with Crippen molar-refractivity contribution in [2.24, 2.45) is 11.7 Å². The van der Waals surface area contributed by atoms with Crippen molar-refractivity contribution in [3.05, 3.63) is 0 Å². The Bertz CT molecular complexity index is 184. The van der Waals surface area contributed by atoms with Crippen LogP contribution in [0.5, 0.6) is 0 Å². The minimum Gasteiger partial charge on any atom is -0.387 e. The average Bonchev–Trinajstić information content (AvgIpc) is 2.19. The largest absolute Gasteiger partial charge is 0.387 e. The summed E-state index contributed by atoms with van der Waals surface area (Å²) in [6, 6.07) is 0. The van der Waals surface area contributed by atoms with Crippen LogP contribution in [0.1, 0.15) is 19.3 Å². The number of nitrogens with one attached hydrogen (secondary N) is 1. The molecule has 0 bridgehead atoms. The Morgan fingerprint density at radius 2 is 2.43 bits per heavy atom. The first-order chi connectivity index (χ1) is 6.74. The van der Waals surface area contributed by atoms with Gasteiger partial charge >= 0.3 is 0 Å². The van der Waals surface area contributed by atoms with E-state index in [1.165, 1.54) is 0 Å². The molecule has 1 rings (SSSR count). The summed E-state index contributed by atoms with van der Waals surface area (Å²) < 4.78 is 5.01. The van der Waals surface area contributed by atoms with Gasteiger partial charge in [-0.1, -0.05) is 0 Å². The van der Waals surface area contributed by atoms with Gasteiger partial charge in [0.05, 0.1) is 5.84 Å². The van der Waals surface area contributed by atoms with E-state index in [9.17, 15) is 0 Å². The van der Waals surface area contributed by atoms with E-state index in [0.29, 0.717) is 5.84 Å². The lowest BCUT2D eigenvalue weighted by molar-refractivity contribution is 0.154. The lowest BCUT2D eigenvalue weighted by atomic mass is 9.97. The molecule has 1 aliphatic rings. The fraction of sp³-hybridized carbons (Fsp3) is 0.900. The maximum atomic E-state index is 7.42. The number of likely N-dealkylation sites (tertiary alicyclic amines) is 1. The minimum atomic E-state index is 0.284. The Morgan fingerprint density at radius 3 is 3.07 bits per heavy atom. The molecule has 1 atom stereocenters. The first kappa shape index (κ1) is 11.5. The van der Waals surface area contributed by atoms with E-state index in [1.807, 2.05) is 0 Å². The summed E-state index contributed by atoms with van der Waals surface area (Å²) in [5.41, 5.74) is 5.52. The molecule has 0 aliphatic carbocycles. The molecular formula is C10H21N3O. The second kappa shape index (κ2) is 5.98. The summed E-state index contributed by atoms with van der Waals surface area (Å²) in [6.45, 7) is 3.99. The highest BCUT2D eigenvalue weighted by molar-refractivity contribution is 5.79. The van der Waals surface area contributed by atoms with Gasteiger partial charge in [-0.15, -0.1) is 0 Å². The SMILES string of the molecule is COCCCN1CCCC(C(=N)N)C1. The second-order valence-electron chi connectivity index (χ2n) is 3.94. The highest BCUT2D eigenvalue weighted by Gasteiger charge is 2.21. The van der Waals surface area contributed by atoms with Crippen LogP contribution in [-0.2, 0) is 4.74 Å². The quantitative estimate of drug-likeness (QED) is 0.388. The predicted octanol–water partition coefficient (Wildman–Crippen LogP) is 0.671. The molecule has 82 valence electrons. The first-order valence-electron chi connectivity index (χ1n) is 5.29. The van der Waals surface area contributed by atoms with Crippen molar-refractivity contribution in [2.45, 2.75) is 19.3 Å². The molecule has 1 fully saturated rings. The molecule has 4 heteroatoms. The number of nitrogens with zero attached hydrogens (tertiary/aromatic N) is 1. The number of hydrogen-bond donors (Lipinski definition) is 2. The van der Waals surface area contributed by atoms with Crippen molar-refractivity contribution >= 4 is 5.84 Å². The fourth-order valence-corrected chi connectivity index (χ4v) is 1.94. The van der Waals surface area contributed by atoms with E-state index in [1.54, 1.807) is 7.11 Å². The van der Waals surface area contributed by atoms with Gasteiger partial charge in [-0.25, -0.2) is 0 Å². The van der Waals surface area contributed by atoms with E-state index < -0.39 is 0 Å². The standard InChI is InChI=1S/C10H21N3O/c1-14-7-3-6-13-5-2-4-9(8-13)10(11)12/h9H,2-8H2,1H3,(H3,11,12). The average molecular weight is 199 g/mol. The molecule has 1 aliphatic heterocycles. The predicted molar refractivity (Wildman–Crippen MR) is 57.6 cm³/mol. The van der Waals surface area contributed by atoms with E-state index in [-0.39, 0.29) is 5.92 Å². The molecule has 3 N–H and O–H groups in total. The molecule has 0 aromatic rings. The number of amidine groups is 1. The van der Waals surface area contributed by atoms with Crippen LogP contribution in [0.4, 0.5) is 0 Å². The first-order valence-corrected chi connectivity index (χ1v) is 5.29. The molecule has 1 saturated heterocycles. The molecule has 0 saturated carbocycles. The van der Waals surface area contributed by atoms with Gasteiger partial charge in [0.2, 0.25) is 0 Å². The number of piperidine rings is 1. The van der Waals surface area contributed by atoms with E-state index in [2.05, 4.69) is 4.90 Å². The van der Waals surface area contributed by atoms with Crippen molar-refractivity contribution in [2.75, 3.05) is 33.4 Å². The Kier molecular flexibility index (Phi) is 4.90. The summed E-state index contributed by atoms with van der Waals surface area (Å²) in [4.78, 5) is 2.38. The third kappa shape index (κ3) is 3.64. The summed E-state index contributed by atoms with van der Waals surface area (Å²) in [7, 11) is 1.73. The van der Waals surface area contributed by atoms with Crippen LogP contribution in [0.2, 0.25) is 0 Å². The number of ether oxygens (including phenoxy) is 1. The molecule has 0 spiro atoms. The van der Waals surface area contributed by atoms with Crippen LogP contribution >= 0.6 is 0 Å².